The summed E-state index contributed by atoms with van der Waals surface area (Å²) in [6, 6.07) is 16.0. The predicted octanol–water partition coefficient (Wildman–Crippen LogP) is 4.25. The fourth-order valence-electron chi connectivity index (χ4n) is 2.95. The van der Waals surface area contributed by atoms with Gasteiger partial charge in [-0.1, -0.05) is 57.9 Å². The fourth-order valence-corrected chi connectivity index (χ4v) is 2.95. The van der Waals surface area contributed by atoms with Crippen LogP contribution in [0.4, 0.5) is 0 Å². The Labute approximate surface area is 143 Å². The molecule has 1 unspecified atom stereocenters. The summed E-state index contributed by atoms with van der Waals surface area (Å²) in [5, 5.41) is 19.5. The topological polar surface area (TPSA) is 50.9 Å². The van der Waals surface area contributed by atoms with Crippen LogP contribution in [0.2, 0.25) is 0 Å². The van der Waals surface area contributed by atoms with Crippen LogP contribution >= 0.6 is 0 Å². The number of aliphatic hydroxyl groups is 1. The first-order valence-electron chi connectivity index (χ1n) is 8.63. The van der Waals surface area contributed by atoms with Crippen molar-refractivity contribution in [1.82, 2.24) is 15.0 Å². The average Bonchev–Trinajstić information content (AvgIpc) is 3.03. The number of aliphatic hydroxyl groups excluding tert-OH is 1. The zero-order valence-electron chi connectivity index (χ0n) is 14.6. The van der Waals surface area contributed by atoms with Crippen molar-refractivity contribution in [1.29, 1.82) is 0 Å². The highest BCUT2D eigenvalue weighted by atomic mass is 16.3. The summed E-state index contributed by atoms with van der Waals surface area (Å²) < 4.78 is 0. The summed E-state index contributed by atoms with van der Waals surface area (Å²) >= 11 is 0. The molecule has 2 aromatic carbocycles. The first-order valence-corrected chi connectivity index (χ1v) is 8.63. The third kappa shape index (κ3) is 3.20. The van der Waals surface area contributed by atoms with E-state index in [0.717, 1.165) is 41.5 Å². The molecule has 126 valence electrons. The second kappa shape index (κ2) is 6.73. The van der Waals surface area contributed by atoms with Crippen LogP contribution in [0.1, 0.15) is 45.6 Å². The van der Waals surface area contributed by atoms with Crippen molar-refractivity contribution in [2.24, 2.45) is 0 Å². The second-order valence-electron chi connectivity index (χ2n) is 6.90. The van der Waals surface area contributed by atoms with Gasteiger partial charge in [0.05, 0.1) is 11.8 Å². The normalized spacial score (nSPS) is 13.3. The number of hydrogen-bond acceptors (Lipinski definition) is 3. The van der Waals surface area contributed by atoms with Gasteiger partial charge in [0.2, 0.25) is 0 Å². The molecule has 0 aliphatic carbocycles. The molecule has 3 aromatic rings. The van der Waals surface area contributed by atoms with Gasteiger partial charge < -0.3 is 5.11 Å². The Hall–Kier alpha value is -2.20. The number of unbranched alkanes of at least 4 members (excludes halogenated alkanes) is 1. The maximum absolute atomic E-state index is 10.5. The van der Waals surface area contributed by atoms with Gasteiger partial charge in [0.25, 0.3) is 0 Å². The van der Waals surface area contributed by atoms with Gasteiger partial charge in [0, 0.05) is 5.41 Å². The third-order valence-electron chi connectivity index (χ3n) is 4.79. The van der Waals surface area contributed by atoms with Crippen LogP contribution in [-0.2, 0) is 5.41 Å². The molecule has 0 amide bonds. The minimum absolute atomic E-state index is 0.268. The Morgan fingerprint density at radius 3 is 2.12 bits per heavy atom. The average molecular weight is 323 g/mol. The van der Waals surface area contributed by atoms with Crippen LogP contribution in [-0.4, -0.2) is 26.2 Å². The van der Waals surface area contributed by atoms with Gasteiger partial charge in [-0.05, 0) is 36.2 Å². The first kappa shape index (κ1) is 16.7. The van der Waals surface area contributed by atoms with Crippen molar-refractivity contribution in [3.63, 3.8) is 0 Å². The van der Waals surface area contributed by atoms with Crippen LogP contribution < -0.4 is 0 Å². The van der Waals surface area contributed by atoms with E-state index in [9.17, 15) is 5.11 Å². The van der Waals surface area contributed by atoms with E-state index in [4.69, 9.17) is 0 Å². The summed E-state index contributed by atoms with van der Waals surface area (Å²) in [7, 11) is 0. The molecule has 0 aliphatic heterocycles. The molecule has 0 fully saturated rings. The molecule has 0 saturated carbocycles. The van der Waals surface area contributed by atoms with Gasteiger partial charge >= 0.3 is 0 Å². The van der Waals surface area contributed by atoms with E-state index in [-0.39, 0.29) is 11.5 Å². The Bertz CT molecular complexity index is 772. The maximum Gasteiger partial charge on any atom is 0.113 e. The molecule has 24 heavy (non-hydrogen) atoms. The van der Waals surface area contributed by atoms with Gasteiger partial charge in [0.15, 0.2) is 0 Å². The molecule has 4 nitrogen and oxygen atoms in total. The fraction of sp³-hybridized carbons (Fsp3) is 0.400. The Morgan fingerprint density at radius 2 is 1.58 bits per heavy atom. The van der Waals surface area contributed by atoms with Crippen LogP contribution in [0.3, 0.4) is 0 Å². The van der Waals surface area contributed by atoms with E-state index in [2.05, 4.69) is 43.1 Å². The summed E-state index contributed by atoms with van der Waals surface area (Å²) in [6.07, 6.45) is 2.64. The number of benzene rings is 2. The van der Waals surface area contributed by atoms with E-state index in [1.54, 1.807) is 4.80 Å². The number of rotatable bonds is 6. The second-order valence-corrected chi connectivity index (χ2v) is 6.90. The van der Waals surface area contributed by atoms with Gasteiger partial charge in [-0.15, -0.1) is 10.2 Å². The molecular formula is C20H25N3O. The molecule has 0 bridgehead atoms. The molecule has 3 rings (SSSR count). The Balaban J connectivity index is 1.84. The van der Waals surface area contributed by atoms with Crippen molar-refractivity contribution in [3.05, 3.63) is 54.1 Å². The van der Waals surface area contributed by atoms with Gasteiger partial charge in [0.1, 0.15) is 11.0 Å². The predicted molar refractivity (Wildman–Crippen MR) is 97.4 cm³/mol. The van der Waals surface area contributed by atoms with Crippen LogP contribution in [0.5, 0.6) is 0 Å². The van der Waals surface area contributed by atoms with Crippen LogP contribution in [0.25, 0.3) is 16.7 Å². The number of nitrogens with zero attached hydrogens (tertiary/aromatic N) is 3. The van der Waals surface area contributed by atoms with E-state index in [1.165, 1.54) is 0 Å². The smallest absolute Gasteiger partial charge is 0.113 e. The molecule has 0 saturated heterocycles. The molecular weight excluding hydrogens is 298 g/mol. The maximum atomic E-state index is 10.5. The zero-order valence-corrected chi connectivity index (χ0v) is 14.6. The lowest BCUT2D eigenvalue weighted by molar-refractivity contribution is 0.0890. The lowest BCUT2D eigenvalue weighted by Crippen LogP contribution is -2.33. The van der Waals surface area contributed by atoms with E-state index in [0.29, 0.717) is 0 Å². The highest BCUT2D eigenvalue weighted by Gasteiger charge is 2.29. The van der Waals surface area contributed by atoms with Crippen LogP contribution in [0.15, 0.2) is 48.5 Å². The number of aromatic nitrogens is 3. The number of fused-ring (bicyclic) bond motifs is 1. The lowest BCUT2D eigenvalue weighted by atomic mass is 9.77. The molecule has 1 N–H and O–H groups in total. The molecule has 0 spiro atoms. The first-order chi connectivity index (χ1) is 11.5. The molecule has 1 heterocycles. The minimum Gasteiger partial charge on any atom is -0.392 e. The Kier molecular flexibility index (Phi) is 4.67. The summed E-state index contributed by atoms with van der Waals surface area (Å²) in [6.45, 7) is 6.35. The molecule has 0 aliphatic rings. The number of hydrogen-bond donors (Lipinski definition) is 1. The quantitative estimate of drug-likeness (QED) is 0.738. The van der Waals surface area contributed by atoms with Crippen molar-refractivity contribution < 1.29 is 5.11 Å². The van der Waals surface area contributed by atoms with Crippen molar-refractivity contribution >= 4 is 11.0 Å². The van der Waals surface area contributed by atoms with Crippen molar-refractivity contribution in [2.75, 3.05) is 0 Å². The Morgan fingerprint density at radius 1 is 1.00 bits per heavy atom. The molecule has 1 atom stereocenters. The monoisotopic (exact) mass is 323 g/mol. The molecule has 0 radical (unpaired) electrons. The third-order valence-corrected chi connectivity index (χ3v) is 4.79. The van der Waals surface area contributed by atoms with Crippen molar-refractivity contribution in [3.8, 4) is 5.69 Å². The largest absolute Gasteiger partial charge is 0.392 e. The highest BCUT2D eigenvalue weighted by Crippen LogP contribution is 2.30. The van der Waals surface area contributed by atoms with Gasteiger partial charge in [-0.3, -0.25) is 0 Å². The summed E-state index contributed by atoms with van der Waals surface area (Å²) in [5.74, 6) is 0. The zero-order chi connectivity index (χ0) is 17.2. The molecule has 1 aromatic heterocycles. The summed E-state index contributed by atoms with van der Waals surface area (Å²) in [4.78, 5) is 1.66. The minimum atomic E-state index is -0.339. The van der Waals surface area contributed by atoms with Crippen LogP contribution in [0, 0.1) is 0 Å². The van der Waals surface area contributed by atoms with Gasteiger partial charge in [-0.25, -0.2) is 0 Å². The lowest BCUT2D eigenvalue weighted by Gasteiger charge is -2.31. The standard InChI is InChI=1S/C20H25N3O/c1-4-5-10-19(24)20(2,3)15-11-13-16(14-12-15)23-21-17-8-6-7-9-18(17)22-23/h6-9,11-14,19,24H,4-5,10H2,1-3H3. The van der Waals surface area contributed by atoms with Crippen molar-refractivity contribution in [2.45, 2.75) is 51.6 Å². The van der Waals surface area contributed by atoms with E-state index in [1.807, 2.05) is 36.4 Å². The SMILES string of the molecule is CCCCC(O)C(C)(C)c1ccc(-n2nc3ccccc3n2)cc1. The molecule has 4 heteroatoms. The van der Waals surface area contributed by atoms with E-state index >= 15 is 0 Å². The van der Waals surface area contributed by atoms with Gasteiger partial charge in [-0.2, -0.15) is 4.80 Å². The van der Waals surface area contributed by atoms with E-state index < -0.39 is 0 Å². The summed E-state index contributed by atoms with van der Waals surface area (Å²) in [5.41, 5.74) is 3.56. The highest BCUT2D eigenvalue weighted by molar-refractivity contribution is 5.73.